The number of nitrogens with zero attached hydrogens (tertiary/aromatic N) is 1. The minimum Gasteiger partial charge on any atom is -0.507 e. The lowest BCUT2D eigenvalue weighted by molar-refractivity contribution is -0.147. The van der Waals surface area contributed by atoms with Gasteiger partial charge >= 0.3 is 11.9 Å². The van der Waals surface area contributed by atoms with E-state index >= 15 is 0 Å². The van der Waals surface area contributed by atoms with Gasteiger partial charge in [0.05, 0.1) is 24.7 Å². The number of aromatic nitrogens is 1. The van der Waals surface area contributed by atoms with E-state index in [2.05, 4.69) is 4.98 Å². The third-order valence-corrected chi connectivity index (χ3v) is 3.88. The van der Waals surface area contributed by atoms with Gasteiger partial charge in [-0.05, 0) is 44.5 Å². The molecule has 1 heterocycles. The molecule has 2 unspecified atom stereocenters. The second-order valence-electron chi connectivity index (χ2n) is 5.40. The summed E-state index contributed by atoms with van der Waals surface area (Å²) in [6, 6.07) is 3.42. The lowest BCUT2D eigenvalue weighted by Crippen LogP contribution is -2.33. The van der Waals surface area contributed by atoms with Crippen LogP contribution in [0.2, 0.25) is 0 Å². The number of hydrogen-bond acceptors (Lipinski definition) is 6. The third kappa shape index (κ3) is 3.48. The summed E-state index contributed by atoms with van der Waals surface area (Å²) in [5.74, 6) is -2.66. The number of carbonyl (C=O) groups excluding carboxylic acids is 2. The van der Waals surface area contributed by atoms with Crippen LogP contribution in [-0.2, 0) is 19.1 Å². The Hall–Kier alpha value is -2.63. The zero-order chi connectivity index (χ0) is 17.7. The number of ether oxygens (including phenoxy) is 2. The molecule has 1 aliphatic carbocycles. The zero-order valence-corrected chi connectivity index (χ0v) is 14.0. The number of carbonyl (C=O) groups is 2. The molecule has 0 bridgehead atoms. The highest BCUT2D eigenvalue weighted by molar-refractivity contribution is 5.94. The van der Waals surface area contributed by atoms with Crippen molar-refractivity contribution in [2.75, 3.05) is 13.2 Å². The van der Waals surface area contributed by atoms with E-state index in [1.165, 1.54) is 6.08 Å². The summed E-state index contributed by atoms with van der Waals surface area (Å²) in [6.07, 6.45) is 4.57. The molecule has 128 valence electrons. The van der Waals surface area contributed by atoms with Gasteiger partial charge in [-0.2, -0.15) is 0 Å². The first-order valence-corrected chi connectivity index (χ1v) is 7.86. The van der Waals surface area contributed by atoms with Crippen LogP contribution in [0, 0.1) is 5.92 Å². The summed E-state index contributed by atoms with van der Waals surface area (Å²) in [6.45, 7) is 5.54. The molecule has 0 spiro atoms. The fraction of sp³-hybridized carbons (Fsp3) is 0.389. The lowest BCUT2D eigenvalue weighted by atomic mass is 9.73. The Bertz CT molecular complexity index is 678. The van der Waals surface area contributed by atoms with E-state index in [0.29, 0.717) is 11.1 Å². The Morgan fingerprint density at radius 3 is 2.38 bits per heavy atom. The molecule has 2 atom stereocenters. The highest BCUT2D eigenvalue weighted by Crippen LogP contribution is 2.42. The van der Waals surface area contributed by atoms with Crippen molar-refractivity contribution in [3.05, 3.63) is 53.1 Å². The molecule has 0 aromatic carbocycles. The number of allylic oxidation sites excluding steroid dienone is 1. The van der Waals surface area contributed by atoms with Crippen molar-refractivity contribution in [1.29, 1.82) is 0 Å². The Labute approximate surface area is 140 Å². The van der Waals surface area contributed by atoms with Crippen LogP contribution in [0.4, 0.5) is 0 Å². The molecule has 1 aromatic heterocycles. The average Bonchev–Trinajstić information content (AvgIpc) is 2.55. The number of esters is 2. The average molecular weight is 331 g/mol. The van der Waals surface area contributed by atoms with Crippen LogP contribution in [0.15, 0.2) is 47.5 Å². The van der Waals surface area contributed by atoms with Crippen molar-refractivity contribution in [3.63, 3.8) is 0 Å². The minimum absolute atomic E-state index is 0.0618. The lowest BCUT2D eigenvalue weighted by Gasteiger charge is -2.31. The molecule has 6 heteroatoms. The number of aliphatic hydroxyl groups is 1. The number of hydrogen-bond donors (Lipinski definition) is 1. The SMILES string of the molecule is CCOC(=O)C1=C(O)C=C(C)C(C(=O)OCC)C1c1ccncc1. The Balaban J connectivity index is 2.58. The van der Waals surface area contributed by atoms with Gasteiger partial charge < -0.3 is 14.6 Å². The molecular formula is C18H21NO5. The van der Waals surface area contributed by atoms with Crippen LogP contribution in [0.25, 0.3) is 0 Å². The maximum Gasteiger partial charge on any atom is 0.338 e. The summed E-state index contributed by atoms with van der Waals surface area (Å²) in [7, 11) is 0. The van der Waals surface area contributed by atoms with E-state index < -0.39 is 23.8 Å². The van der Waals surface area contributed by atoms with Crippen LogP contribution < -0.4 is 0 Å². The zero-order valence-electron chi connectivity index (χ0n) is 14.0. The fourth-order valence-electron chi connectivity index (χ4n) is 2.90. The summed E-state index contributed by atoms with van der Waals surface area (Å²) in [4.78, 5) is 28.8. The summed E-state index contributed by atoms with van der Waals surface area (Å²) in [5, 5.41) is 10.3. The normalized spacial score (nSPS) is 20.4. The van der Waals surface area contributed by atoms with Crippen LogP contribution in [0.1, 0.15) is 32.3 Å². The third-order valence-electron chi connectivity index (χ3n) is 3.88. The van der Waals surface area contributed by atoms with Crippen molar-refractivity contribution in [2.24, 2.45) is 5.92 Å². The van der Waals surface area contributed by atoms with Crippen LogP contribution >= 0.6 is 0 Å². The fourth-order valence-corrected chi connectivity index (χ4v) is 2.90. The molecule has 6 nitrogen and oxygen atoms in total. The first kappa shape index (κ1) is 17.7. The van der Waals surface area contributed by atoms with Gasteiger partial charge in [0.2, 0.25) is 0 Å². The highest BCUT2D eigenvalue weighted by atomic mass is 16.5. The molecule has 0 saturated heterocycles. The smallest absolute Gasteiger partial charge is 0.338 e. The second kappa shape index (κ2) is 7.77. The van der Waals surface area contributed by atoms with Crippen molar-refractivity contribution >= 4 is 11.9 Å². The van der Waals surface area contributed by atoms with Crippen molar-refractivity contribution in [2.45, 2.75) is 26.7 Å². The van der Waals surface area contributed by atoms with Crippen LogP contribution in [0.3, 0.4) is 0 Å². The molecule has 1 aliphatic rings. The van der Waals surface area contributed by atoms with Gasteiger partial charge in [-0.3, -0.25) is 9.78 Å². The molecule has 24 heavy (non-hydrogen) atoms. The van der Waals surface area contributed by atoms with Gasteiger partial charge in [0, 0.05) is 18.3 Å². The summed E-state index contributed by atoms with van der Waals surface area (Å²) in [5.41, 5.74) is 1.37. The van der Waals surface area contributed by atoms with Gasteiger partial charge in [-0.25, -0.2) is 4.79 Å². The van der Waals surface area contributed by atoms with Gasteiger partial charge in [0.1, 0.15) is 5.76 Å². The Morgan fingerprint density at radius 1 is 1.17 bits per heavy atom. The van der Waals surface area contributed by atoms with Gasteiger partial charge in [-0.15, -0.1) is 0 Å². The molecule has 1 N–H and O–H groups in total. The molecule has 0 saturated carbocycles. The Kier molecular flexibility index (Phi) is 5.73. The van der Waals surface area contributed by atoms with Crippen LogP contribution in [-0.4, -0.2) is 35.2 Å². The van der Waals surface area contributed by atoms with Gasteiger partial charge in [-0.1, -0.05) is 5.57 Å². The molecule has 2 rings (SSSR count). The highest BCUT2D eigenvalue weighted by Gasteiger charge is 2.42. The topological polar surface area (TPSA) is 85.7 Å². The molecule has 1 aromatic rings. The van der Waals surface area contributed by atoms with Gasteiger partial charge in [0.15, 0.2) is 0 Å². The molecule has 0 radical (unpaired) electrons. The molecule has 0 amide bonds. The first-order chi connectivity index (χ1) is 11.5. The standard InChI is InChI=1S/C18H21NO5/c1-4-23-17(21)14-11(3)10-13(20)16(18(22)24-5-2)15(14)12-6-8-19-9-7-12/h6-10,14-15,20H,4-5H2,1-3H3. The molecule has 0 fully saturated rings. The second-order valence-corrected chi connectivity index (χ2v) is 5.40. The molecular weight excluding hydrogens is 310 g/mol. The Morgan fingerprint density at radius 2 is 1.79 bits per heavy atom. The van der Waals surface area contributed by atoms with E-state index in [1.54, 1.807) is 45.3 Å². The van der Waals surface area contributed by atoms with Gasteiger partial charge in [0.25, 0.3) is 0 Å². The number of rotatable bonds is 5. The summed E-state index contributed by atoms with van der Waals surface area (Å²) < 4.78 is 10.2. The van der Waals surface area contributed by atoms with E-state index in [0.717, 1.165) is 0 Å². The van der Waals surface area contributed by atoms with E-state index in [1.807, 2.05) is 0 Å². The first-order valence-electron chi connectivity index (χ1n) is 7.86. The predicted molar refractivity (Wildman–Crippen MR) is 87.1 cm³/mol. The largest absolute Gasteiger partial charge is 0.507 e. The van der Waals surface area contributed by atoms with E-state index in [-0.39, 0.29) is 24.5 Å². The van der Waals surface area contributed by atoms with E-state index in [9.17, 15) is 14.7 Å². The monoisotopic (exact) mass is 331 g/mol. The van der Waals surface area contributed by atoms with Crippen molar-refractivity contribution < 1.29 is 24.2 Å². The van der Waals surface area contributed by atoms with E-state index in [4.69, 9.17) is 9.47 Å². The van der Waals surface area contributed by atoms with Crippen molar-refractivity contribution in [1.82, 2.24) is 4.98 Å². The summed E-state index contributed by atoms with van der Waals surface area (Å²) >= 11 is 0. The number of aliphatic hydroxyl groups excluding tert-OH is 1. The van der Waals surface area contributed by atoms with Crippen molar-refractivity contribution in [3.8, 4) is 0 Å². The number of pyridine rings is 1. The maximum atomic E-state index is 12.5. The minimum atomic E-state index is -0.706. The maximum absolute atomic E-state index is 12.5. The molecule has 0 aliphatic heterocycles. The van der Waals surface area contributed by atoms with Crippen LogP contribution in [0.5, 0.6) is 0 Å². The predicted octanol–water partition coefficient (Wildman–Crippen LogP) is 2.68. The quantitative estimate of drug-likeness (QED) is 0.835.